The lowest BCUT2D eigenvalue weighted by Gasteiger charge is -2.36. The number of hydrogen-bond acceptors (Lipinski definition) is 2. The molecule has 0 bridgehead atoms. The SMILES string of the molecule is CCCCCCCCN1C=CN(CCCCC)C1C(C)C. The van der Waals surface area contributed by atoms with Gasteiger partial charge in [0.05, 0.1) is 0 Å². The van der Waals surface area contributed by atoms with Crippen molar-refractivity contribution in [1.82, 2.24) is 9.80 Å². The van der Waals surface area contributed by atoms with Crippen LogP contribution in [0.4, 0.5) is 0 Å². The van der Waals surface area contributed by atoms with E-state index in [1.807, 2.05) is 0 Å². The third-order valence-electron chi connectivity index (χ3n) is 4.52. The molecule has 0 fully saturated rings. The van der Waals surface area contributed by atoms with Gasteiger partial charge in [-0.15, -0.1) is 0 Å². The average Bonchev–Trinajstić information content (AvgIpc) is 2.86. The van der Waals surface area contributed by atoms with Crippen LogP contribution in [0.1, 0.15) is 85.5 Å². The van der Waals surface area contributed by atoms with Gasteiger partial charge in [-0.3, -0.25) is 0 Å². The topological polar surface area (TPSA) is 6.48 Å². The molecule has 1 aliphatic heterocycles. The van der Waals surface area contributed by atoms with Crippen LogP contribution in [0.3, 0.4) is 0 Å². The van der Waals surface area contributed by atoms with Crippen LogP contribution < -0.4 is 0 Å². The second kappa shape index (κ2) is 11.0. The third-order valence-corrected chi connectivity index (χ3v) is 4.52. The molecule has 0 amide bonds. The standard InChI is InChI=1S/C19H38N2/c1-5-7-9-10-11-13-15-21-17-16-20(14-12-8-6-2)19(21)18(3)4/h16-19H,5-15H2,1-4H3. The lowest BCUT2D eigenvalue weighted by Crippen LogP contribution is -2.43. The summed E-state index contributed by atoms with van der Waals surface area (Å²) >= 11 is 0. The monoisotopic (exact) mass is 294 g/mol. The molecule has 1 rings (SSSR count). The first-order chi connectivity index (χ1) is 10.2. The first-order valence-electron chi connectivity index (χ1n) is 9.40. The zero-order chi connectivity index (χ0) is 15.5. The Bertz CT molecular complexity index is 273. The Labute approximate surface area is 133 Å². The predicted octanol–water partition coefficient (Wildman–Crippen LogP) is 5.61. The van der Waals surface area contributed by atoms with E-state index in [2.05, 4.69) is 49.9 Å². The number of unbranched alkanes of at least 4 members (excludes halogenated alkanes) is 7. The van der Waals surface area contributed by atoms with E-state index >= 15 is 0 Å². The summed E-state index contributed by atoms with van der Waals surface area (Å²) in [4.78, 5) is 5.15. The van der Waals surface area contributed by atoms with Gasteiger partial charge in [0.1, 0.15) is 6.17 Å². The van der Waals surface area contributed by atoms with Gasteiger partial charge in [-0.25, -0.2) is 0 Å². The highest BCUT2D eigenvalue weighted by Gasteiger charge is 2.27. The Morgan fingerprint density at radius 3 is 1.67 bits per heavy atom. The van der Waals surface area contributed by atoms with Gasteiger partial charge in [0, 0.05) is 25.5 Å². The largest absolute Gasteiger partial charge is 0.356 e. The molecule has 0 saturated carbocycles. The molecule has 1 aliphatic rings. The van der Waals surface area contributed by atoms with Crippen molar-refractivity contribution in [2.75, 3.05) is 13.1 Å². The molecule has 21 heavy (non-hydrogen) atoms. The van der Waals surface area contributed by atoms with E-state index < -0.39 is 0 Å². The van der Waals surface area contributed by atoms with E-state index in [0.29, 0.717) is 12.1 Å². The average molecular weight is 295 g/mol. The summed E-state index contributed by atoms with van der Waals surface area (Å²) in [5, 5.41) is 0. The van der Waals surface area contributed by atoms with Gasteiger partial charge in [-0.1, -0.05) is 72.6 Å². The summed E-state index contributed by atoms with van der Waals surface area (Å²) in [5.41, 5.74) is 0. The fraction of sp³-hybridized carbons (Fsp3) is 0.895. The summed E-state index contributed by atoms with van der Waals surface area (Å²) in [6.07, 6.45) is 17.6. The summed E-state index contributed by atoms with van der Waals surface area (Å²) in [6.45, 7) is 11.7. The Morgan fingerprint density at radius 1 is 0.714 bits per heavy atom. The Hall–Kier alpha value is -0.660. The highest BCUT2D eigenvalue weighted by Crippen LogP contribution is 2.24. The lowest BCUT2D eigenvalue weighted by molar-refractivity contribution is 0.104. The zero-order valence-electron chi connectivity index (χ0n) is 15.0. The quantitative estimate of drug-likeness (QED) is 0.432. The van der Waals surface area contributed by atoms with Gasteiger partial charge in [-0.2, -0.15) is 0 Å². The van der Waals surface area contributed by atoms with E-state index in [4.69, 9.17) is 0 Å². The second-order valence-corrected chi connectivity index (χ2v) is 6.91. The van der Waals surface area contributed by atoms with Crippen LogP contribution in [0.15, 0.2) is 12.4 Å². The van der Waals surface area contributed by atoms with Crippen molar-refractivity contribution in [3.63, 3.8) is 0 Å². The molecule has 124 valence electrons. The molecule has 0 aromatic heterocycles. The molecular weight excluding hydrogens is 256 g/mol. The fourth-order valence-corrected chi connectivity index (χ4v) is 3.34. The Kier molecular flexibility index (Phi) is 9.62. The van der Waals surface area contributed by atoms with Crippen molar-refractivity contribution >= 4 is 0 Å². The molecule has 1 heterocycles. The minimum atomic E-state index is 0.595. The van der Waals surface area contributed by atoms with Crippen LogP contribution in [0, 0.1) is 5.92 Å². The van der Waals surface area contributed by atoms with Gasteiger partial charge >= 0.3 is 0 Å². The first kappa shape index (κ1) is 18.4. The number of nitrogens with zero attached hydrogens (tertiary/aromatic N) is 2. The van der Waals surface area contributed by atoms with Crippen molar-refractivity contribution in [2.45, 2.75) is 91.6 Å². The van der Waals surface area contributed by atoms with Gasteiger partial charge in [0.25, 0.3) is 0 Å². The molecule has 0 aliphatic carbocycles. The van der Waals surface area contributed by atoms with Gasteiger partial charge in [-0.05, 0) is 18.8 Å². The molecule has 1 unspecified atom stereocenters. The molecule has 0 saturated heterocycles. The molecule has 2 nitrogen and oxygen atoms in total. The Balaban J connectivity index is 2.28. The zero-order valence-corrected chi connectivity index (χ0v) is 15.0. The molecule has 0 spiro atoms. The molecule has 0 radical (unpaired) electrons. The van der Waals surface area contributed by atoms with E-state index in [0.717, 1.165) is 0 Å². The number of hydrogen-bond donors (Lipinski definition) is 0. The van der Waals surface area contributed by atoms with E-state index in [1.54, 1.807) is 0 Å². The van der Waals surface area contributed by atoms with E-state index in [1.165, 1.54) is 70.9 Å². The fourth-order valence-electron chi connectivity index (χ4n) is 3.34. The number of rotatable bonds is 12. The molecular formula is C19H38N2. The highest BCUT2D eigenvalue weighted by molar-refractivity contribution is 4.98. The summed E-state index contributed by atoms with van der Waals surface area (Å²) in [7, 11) is 0. The van der Waals surface area contributed by atoms with Crippen molar-refractivity contribution in [1.29, 1.82) is 0 Å². The van der Waals surface area contributed by atoms with Crippen LogP contribution in [-0.4, -0.2) is 29.1 Å². The second-order valence-electron chi connectivity index (χ2n) is 6.91. The lowest BCUT2D eigenvalue weighted by atomic mass is 10.1. The highest BCUT2D eigenvalue weighted by atomic mass is 15.4. The van der Waals surface area contributed by atoms with Gasteiger partial charge in [0.2, 0.25) is 0 Å². The van der Waals surface area contributed by atoms with Crippen LogP contribution in [0.5, 0.6) is 0 Å². The summed E-state index contributed by atoms with van der Waals surface area (Å²) in [6, 6.07) is 0. The van der Waals surface area contributed by atoms with Crippen LogP contribution >= 0.6 is 0 Å². The normalized spacial score (nSPS) is 18.2. The summed E-state index contributed by atoms with van der Waals surface area (Å²) in [5.74, 6) is 0.696. The molecule has 0 N–H and O–H groups in total. The van der Waals surface area contributed by atoms with E-state index in [9.17, 15) is 0 Å². The maximum Gasteiger partial charge on any atom is 0.103 e. The molecule has 0 aromatic carbocycles. The van der Waals surface area contributed by atoms with E-state index in [-0.39, 0.29) is 0 Å². The van der Waals surface area contributed by atoms with Crippen LogP contribution in [-0.2, 0) is 0 Å². The van der Waals surface area contributed by atoms with Crippen LogP contribution in [0.25, 0.3) is 0 Å². The maximum atomic E-state index is 2.58. The van der Waals surface area contributed by atoms with Crippen molar-refractivity contribution in [2.24, 2.45) is 5.92 Å². The van der Waals surface area contributed by atoms with Crippen molar-refractivity contribution in [3.05, 3.63) is 12.4 Å². The third kappa shape index (κ3) is 6.76. The molecule has 0 aromatic rings. The van der Waals surface area contributed by atoms with Gasteiger partial charge in [0.15, 0.2) is 0 Å². The van der Waals surface area contributed by atoms with Crippen molar-refractivity contribution < 1.29 is 0 Å². The Morgan fingerprint density at radius 2 is 1.14 bits per heavy atom. The predicted molar refractivity (Wildman–Crippen MR) is 94.1 cm³/mol. The molecule has 1 atom stereocenters. The first-order valence-corrected chi connectivity index (χ1v) is 9.40. The minimum absolute atomic E-state index is 0.595. The smallest absolute Gasteiger partial charge is 0.103 e. The maximum absolute atomic E-state index is 2.58. The van der Waals surface area contributed by atoms with Crippen LogP contribution in [0.2, 0.25) is 0 Å². The minimum Gasteiger partial charge on any atom is -0.356 e. The van der Waals surface area contributed by atoms with Crippen molar-refractivity contribution in [3.8, 4) is 0 Å². The van der Waals surface area contributed by atoms with Gasteiger partial charge < -0.3 is 9.80 Å². The molecule has 2 heteroatoms. The summed E-state index contributed by atoms with van der Waals surface area (Å²) < 4.78 is 0.